The quantitative estimate of drug-likeness (QED) is 0.470. The van der Waals surface area contributed by atoms with Gasteiger partial charge in [0.05, 0.1) is 21.6 Å². The molecule has 0 amide bonds. The number of nitrogens with zero attached hydrogens (tertiary/aromatic N) is 3. The number of carboxylic acids is 1. The molecule has 1 aliphatic rings. The second kappa shape index (κ2) is 9.40. The zero-order valence-corrected chi connectivity index (χ0v) is 19.4. The normalized spacial score (nSPS) is 15.5. The highest BCUT2D eigenvalue weighted by molar-refractivity contribution is 6.38. The summed E-state index contributed by atoms with van der Waals surface area (Å²) >= 11 is 12.8. The van der Waals surface area contributed by atoms with Gasteiger partial charge in [-0.15, -0.1) is 0 Å². The summed E-state index contributed by atoms with van der Waals surface area (Å²) in [4.78, 5) is 29.8. The van der Waals surface area contributed by atoms with E-state index in [1.54, 1.807) is 4.90 Å². The number of pyridine rings is 2. The predicted molar refractivity (Wildman–Crippen MR) is 127 cm³/mol. The lowest BCUT2D eigenvalue weighted by molar-refractivity contribution is 0.0695. The van der Waals surface area contributed by atoms with Crippen molar-refractivity contribution in [3.63, 3.8) is 0 Å². The smallest absolute Gasteiger partial charge is 0.341 e. The number of benzene rings is 1. The molecule has 5 N–H and O–H groups in total. The maximum atomic E-state index is 15.4. The van der Waals surface area contributed by atoms with Crippen LogP contribution in [-0.4, -0.2) is 40.3 Å². The van der Waals surface area contributed by atoms with E-state index in [9.17, 15) is 23.5 Å². The van der Waals surface area contributed by atoms with Gasteiger partial charge in [0.2, 0.25) is 5.43 Å². The molecule has 0 saturated carbocycles. The van der Waals surface area contributed by atoms with Crippen molar-refractivity contribution in [1.82, 2.24) is 9.55 Å². The number of piperidine rings is 1. The molecular weight excluding hydrogens is 510 g/mol. The number of rotatable bonds is 4. The van der Waals surface area contributed by atoms with E-state index in [1.807, 2.05) is 0 Å². The fourth-order valence-corrected chi connectivity index (χ4v) is 4.64. The van der Waals surface area contributed by atoms with Gasteiger partial charge in [-0.25, -0.2) is 22.9 Å². The van der Waals surface area contributed by atoms with Crippen molar-refractivity contribution in [3.8, 4) is 5.82 Å². The molecule has 35 heavy (non-hydrogen) atoms. The first-order valence-corrected chi connectivity index (χ1v) is 11.0. The van der Waals surface area contributed by atoms with E-state index in [1.165, 1.54) is 0 Å². The number of aromatic nitrogens is 2. The van der Waals surface area contributed by atoms with E-state index in [2.05, 4.69) is 4.98 Å². The molecule has 1 saturated heterocycles. The fraction of sp³-hybridized carbons (Fsp3) is 0.227. The van der Waals surface area contributed by atoms with Gasteiger partial charge in [0.25, 0.3) is 0 Å². The molecule has 0 atom stereocenters. The number of hydrogen-bond donors (Lipinski definition) is 3. The Bertz CT molecular complexity index is 1480. The van der Waals surface area contributed by atoms with Crippen molar-refractivity contribution in [1.29, 1.82) is 0 Å². The molecule has 184 valence electrons. The third-order valence-corrected chi connectivity index (χ3v) is 6.50. The van der Waals surface area contributed by atoms with E-state index in [0.717, 1.165) is 22.4 Å². The first-order chi connectivity index (χ1) is 16.5. The summed E-state index contributed by atoms with van der Waals surface area (Å²) < 4.78 is 44.7. The molecule has 2 aromatic heterocycles. The van der Waals surface area contributed by atoms with E-state index in [-0.39, 0.29) is 29.3 Å². The van der Waals surface area contributed by atoms with Gasteiger partial charge in [-0.2, -0.15) is 0 Å². The van der Waals surface area contributed by atoms with Crippen molar-refractivity contribution >= 4 is 51.6 Å². The van der Waals surface area contributed by atoms with Gasteiger partial charge in [-0.05, 0) is 24.5 Å². The zero-order chi connectivity index (χ0) is 25.6. The van der Waals surface area contributed by atoms with Crippen molar-refractivity contribution < 1.29 is 23.1 Å². The largest absolute Gasteiger partial charge is 0.477 e. The SMILES string of the molecule is NCC(Cl)=C1CCCN(c2c(F)cc3c(=O)c(C(=O)O)cn(-c4nc(N)c(F)cc4F)c3c2Cl)C1. The number of carboxylic acid groups (broad SMARTS) is 1. The van der Waals surface area contributed by atoms with Gasteiger partial charge in [-0.3, -0.25) is 9.36 Å². The number of fused-ring (bicyclic) bond motifs is 1. The Hall–Kier alpha value is -3.28. The molecule has 0 bridgehead atoms. The maximum absolute atomic E-state index is 15.4. The lowest BCUT2D eigenvalue weighted by Crippen LogP contribution is -2.33. The van der Waals surface area contributed by atoms with Crippen LogP contribution in [0.15, 0.2) is 33.7 Å². The van der Waals surface area contributed by atoms with Crippen LogP contribution in [-0.2, 0) is 0 Å². The Morgan fingerprint density at radius 3 is 2.57 bits per heavy atom. The van der Waals surface area contributed by atoms with Gasteiger partial charge in [0, 0.05) is 36.9 Å². The van der Waals surface area contributed by atoms with Crippen LogP contribution in [0.4, 0.5) is 24.7 Å². The second-order valence-electron chi connectivity index (χ2n) is 7.86. The molecule has 0 radical (unpaired) electrons. The summed E-state index contributed by atoms with van der Waals surface area (Å²) in [7, 11) is 0. The molecule has 3 aromatic rings. The molecule has 13 heteroatoms. The van der Waals surface area contributed by atoms with Crippen LogP contribution in [0.2, 0.25) is 5.02 Å². The number of halogens is 5. The Labute approximate surface area is 206 Å². The highest BCUT2D eigenvalue weighted by Gasteiger charge is 2.28. The molecule has 3 heterocycles. The average Bonchev–Trinajstić information content (AvgIpc) is 2.81. The minimum Gasteiger partial charge on any atom is -0.477 e. The minimum atomic E-state index is -1.65. The Kier molecular flexibility index (Phi) is 6.67. The maximum Gasteiger partial charge on any atom is 0.341 e. The molecule has 0 aliphatic carbocycles. The molecule has 1 aliphatic heterocycles. The zero-order valence-electron chi connectivity index (χ0n) is 17.9. The predicted octanol–water partition coefficient (Wildman–Crippen LogP) is 3.79. The highest BCUT2D eigenvalue weighted by atomic mass is 35.5. The first-order valence-electron chi connectivity index (χ1n) is 10.3. The summed E-state index contributed by atoms with van der Waals surface area (Å²) in [5.74, 6) is -6.20. The molecular formula is C22H18Cl2F3N5O3. The van der Waals surface area contributed by atoms with Crippen molar-refractivity contribution in [2.24, 2.45) is 5.73 Å². The number of aromatic carboxylic acids is 1. The minimum absolute atomic E-state index is 0.104. The van der Waals surface area contributed by atoms with E-state index in [0.29, 0.717) is 30.5 Å². The van der Waals surface area contributed by atoms with E-state index in [4.69, 9.17) is 34.7 Å². The number of nitrogen functional groups attached to an aromatic ring is 1. The number of hydrogen-bond acceptors (Lipinski definition) is 6. The summed E-state index contributed by atoms with van der Waals surface area (Å²) in [5, 5.41) is 9.18. The van der Waals surface area contributed by atoms with E-state index < -0.39 is 51.4 Å². The number of anilines is 2. The standard InChI is InChI=1S/C22H18Cl2F3N5O3/c23-12(6-28)9-2-1-3-31(7-9)18-13(25)4-10-17(16(18)24)32(8-11(19(10)33)22(34)35)21-15(27)5-14(26)20(29)30-21/h4-5,8H,1-3,6-7,28H2,(H2,29,30)(H,34,35). The summed E-state index contributed by atoms with van der Waals surface area (Å²) in [5.41, 5.74) is 9.72. The summed E-state index contributed by atoms with van der Waals surface area (Å²) in [6.45, 7) is 0.687. The number of carbonyl (C=O) groups is 1. The molecule has 8 nitrogen and oxygen atoms in total. The van der Waals surface area contributed by atoms with Crippen molar-refractivity contribution in [2.45, 2.75) is 12.8 Å². The fourth-order valence-electron chi connectivity index (χ4n) is 4.08. The third-order valence-electron chi connectivity index (χ3n) is 5.72. The molecule has 0 unspecified atom stereocenters. The second-order valence-corrected chi connectivity index (χ2v) is 8.70. The van der Waals surface area contributed by atoms with Crippen LogP contribution in [0.5, 0.6) is 0 Å². The van der Waals surface area contributed by atoms with Gasteiger partial charge in [0.1, 0.15) is 11.4 Å². The van der Waals surface area contributed by atoms with Crippen LogP contribution in [0, 0.1) is 17.5 Å². The third kappa shape index (κ3) is 4.30. The summed E-state index contributed by atoms with van der Waals surface area (Å²) in [6, 6.07) is 1.28. The van der Waals surface area contributed by atoms with Gasteiger partial charge in [0.15, 0.2) is 23.3 Å². The molecule has 0 spiro atoms. The monoisotopic (exact) mass is 527 g/mol. The van der Waals surface area contributed by atoms with Crippen molar-refractivity contribution in [3.05, 3.63) is 67.2 Å². The van der Waals surface area contributed by atoms with Crippen LogP contribution in [0.3, 0.4) is 0 Å². The van der Waals surface area contributed by atoms with Crippen LogP contribution < -0.4 is 21.8 Å². The Morgan fingerprint density at radius 1 is 1.20 bits per heavy atom. The molecule has 1 aromatic carbocycles. The molecule has 1 fully saturated rings. The Balaban J connectivity index is 2.07. The van der Waals surface area contributed by atoms with Gasteiger partial charge >= 0.3 is 5.97 Å². The van der Waals surface area contributed by atoms with Gasteiger partial charge in [-0.1, -0.05) is 23.2 Å². The summed E-state index contributed by atoms with van der Waals surface area (Å²) in [6.07, 6.45) is 2.04. The van der Waals surface area contributed by atoms with Crippen LogP contribution >= 0.6 is 23.2 Å². The lowest BCUT2D eigenvalue weighted by Gasteiger charge is -2.32. The number of nitrogens with two attached hydrogens (primary N) is 2. The molecule has 4 rings (SSSR count). The van der Waals surface area contributed by atoms with Crippen LogP contribution in [0.25, 0.3) is 16.7 Å². The van der Waals surface area contributed by atoms with E-state index >= 15 is 4.39 Å². The first kappa shape index (κ1) is 24.8. The Morgan fingerprint density at radius 2 is 1.91 bits per heavy atom. The lowest BCUT2D eigenvalue weighted by atomic mass is 10.0. The van der Waals surface area contributed by atoms with Crippen molar-refractivity contribution in [2.75, 3.05) is 30.3 Å². The topological polar surface area (TPSA) is 127 Å². The average molecular weight is 528 g/mol. The highest BCUT2D eigenvalue weighted by Crippen LogP contribution is 2.39. The van der Waals surface area contributed by atoms with Gasteiger partial charge < -0.3 is 21.5 Å². The van der Waals surface area contributed by atoms with Crippen LogP contribution in [0.1, 0.15) is 23.2 Å².